The highest BCUT2D eigenvalue weighted by atomic mass is 35.5. The molecule has 0 heterocycles. The van der Waals surface area contributed by atoms with E-state index in [2.05, 4.69) is 4.99 Å². The molecule has 0 aromatic heterocycles. The second-order valence-corrected chi connectivity index (χ2v) is 6.64. The first-order chi connectivity index (χ1) is 13.2. The number of rotatable bonds is 7. The van der Waals surface area contributed by atoms with Gasteiger partial charge < -0.3 is 9.47 Å². The molecule has 0 unspecified atom stereocenters. The van der Waals surface area contributed by atoms with Gasteiger partial charge >= 0.3 is 0 Å². The van der Waals surface area contributed by atoms with Crippen LogP contribution >= 0.6 is 23.2 Å². The predicted octanol–water partition coefficient (Wildman–Crippen LogP) is 7.33. The number of hydrogen-bond acceptors (Lipinski definition) is 3. The summed E-state index contributed by atoms with van der Waals surface area (Å²) in [6, 6.07) is 20.7. The highest BCUT2D eigenvalue weighted by Gasteiger charge is 2.08. The summed E-state index contributed by atoms with van der Waals surface area (Å²) in [6.07, 6.45) is 2.61. The molecule has 0 radical (unpaired) electrons. The molecule has 3 rings (SSSR count). The molecule has 5 heteroatoms. The molecule has 0 N–H and O–H groups in total. The zero-order valence-electron chi connectivity index (χ0n) is 14.9. The van der Waals surface area contributed by atoms with Crippen molar-refractivity contribution in [1.82, 2.24) is 0 Å². The standard InChI is InChI=1S/C22H19Cl2NO2/c1-2-12-26-22-20(23)13-16(14-21(22)24)15-25-17-8-10-19(11-9-17)27-18-6-4-3-5-7-18/h3-11,13-15H,2,12H2,1H3. The Hall–Kier alpha value is -2.49. The SMILES string of the molecule is CCCOc1c(Cl)cc(C=Nc2ccc(Oc3ccccc3)cc2)cc1Cl. The molecule has 0 saturated heterocycles. The van der Waals surface area contributed by atoms with Crippen LogP contribution in [0.3, 0.4) is 0 Å². The lowest BCUT2D eigenvalue weighted by Gasteiger charge is -2.09. The summed E-state index contributed by atoms with van der Waals surface area (Å²) in [5.74, 6) is 2.06. The first kappa shape index (κ1) is 19.3. The molecule has 0 saturated carbocycles. The Labute approximate surface area is 169 Å². The molecule has 0 atom stereocenters. The van der Waals surface area contributed by atoms with Crippen LogP contribution in [0.4, 0.5) is 5.69 Å². The van der Waals surface area contributed by atoms with Crippen molar-refractivity contribution in [3.63, 3.8) is 0 Å². The average molecular weight is 400 g/mol. The minimum absolute atomic E-state index is 0.476. The van der Waals surface area contributed by atoms with Crippen LogP contribution < -0.4 is 9.47 Å². The first-order valence-corrected chi connectivity index (χ1v) is 9.40. The summed E-state index contributed by atoms with van der Waals surface area (Å²) in [6.45, 7) is 2.60. The molecule has 3 aromatic rings. The van der Waals surface area contributed by atoms with E-state index in [0.717, 1.165) is 29.2 Å². The van der Waals surface area contributed by atoms with Gasteiger partial charge in [0.05, 0.1) is 22.3 Å². The fourth-order valence-electron chi connectivity index (χ4n) is 2.37. The van der Waals surface area contributed by atoms with Crippen LogP contribution in [0.1, 0.15) is 18.9 Å². The Kier molecular flexibility index (Phi) is 6.74. The summed E-state index contributed by atoms with van der Waals surface area (Å²) < 4.78 is 11.3. The summed E-state index contributed by atoms with van der Waals surface area (Å²) in [4.78, 5) is 4.46. The van der Waals surface area contributed by atoms with Gasteiger partial charge in [-0.15, -0.1) is 0 Å². The number of nitrogens with zero attached hydrogens (tertiary/aromatic N) is 1. The van der Waals surface area contributed by atoms with Gasteiger partial charge in [0.1, 0.15) is 11.5 Å². The Balaban J connectivity index is 1.69. The van der Waals surface area contributed by atoms with Gasteiger partial charge in [0, 0.05) is 6.21 Å². The number of para-hydroxylation sites is 1. The van der Waals surface area contributed by atoms with Crippen molar-refractivity contribution in [3.05, 3.63) is 82.3 Å². The van der Waals surface area contributed by atoms with Crippen LogP contribution in [-0.2, 0) is 0 Å². The van der Waals surface area contributed by atoms with Crippen LogP contribution in [0.2, 0.25) is 10.0 Å². The van der Waals surface area contributed by atoms with Crippen molar-refractivity contribution in [1.29, 1.82) is 0 Å². The van der Waals surface area contributed by atoms with Crippen LogP contribution in [-0.4, -0.2) is 12.8 Å². The van der Waals surface area contributed by atoms with Crippen LogP contribution in [0.25, 0.3) is 0 Å². The van der Waals surface area contributed by atoms with Gasteiger partial charge in [-0.05, 0) is 60.5 Å². The Morgan fingerprint density at radius 2 is 1.52 bits per heavy atom. The lowest BCUT2D eigenvalue weighted by Crippen LogP contribution is -1.97. The monoisotopic (exact) mass is 399 g/mol. The summed E-state index contributed by atoms with van der Waals surface area (Å²) in [5.41, 5.74) is 1.60. The number of halogens is 2. The minimum Gasteiger partial charge on any atom is -0.490 e. The lowest BCUT2D eigenvalue weighted by atomic mass is 10.2. The van der Waals surface area contributed by atoms with Crippen molar-refractivity contribution in [2.24, 2.45) is 4.99 Å². The normalized spacial score (nSPS) is 10.9. The van der Waals surface area contributed by atoms with Crippen molar-refractivity contribution >= 4 is 35.1 Å². The maximum Gasteiger partial charge on any atom is 0.156 e. The van der Waals surface area contributed by atoms with Gasteiger partial charge in [-0.3, -0.25) is 4.99 Å². The molecule has 0 aliphatic heterocycles. The third-order valence-electron chi connectivity index (χ3n) is 3.65. The van der Waals surface area contributed by atoms with E-state index in [1.807, 2.05) is 61.5 Å². The molecule has 0 aliphatic rings. The molecule has 0 fully saturated rings. The quantitative estimate of drug-likeness (QED) is 0.389. The number of hydrogen-bond donors (Lipinski definition) is 0. The molecule has 138 valence electrons. The molecule has 0 spiro atoms. The van der Waals surface area contributed by atoms with E-state index in [1.54, 1.807) is 18.3 Å². The average Bonchev–Trinajstić information content (AvgIpc) is 2.68. The number of aliphatic imine (C=N–C) groups is 1. The zero-order valence-corrected chi connectivity index (χ0v) is 16.4. The molecule has 27 heavy (non-hydrogen) atoms. The number of ether oxygens (including phenoxy) is 2. The van der Waals surface area contributed by atoms with E-state index in [4.69, 9.17) is 32.7 Å². The van der Waals surface area contributed by atoms with E-state index in [1.165, 1.54) is 0 Å². The Morgan fingerprint density at radius 3 is 2.15 bits per heavy atom. The van der Waals surface area contributed by atoms with E-state index < -0.39 is 0 Å². The second-order valence-electron chi connectivity index (χ2n) is 5.83. The van der Waals surface area contributed by atoms with Gasteiger partial charge in [0.15, 0.2) is 5.75 Å². The summed E-state index contributed by atoms with van der Waals surface area (Å²) in [7, 11) is 0. The molecule has 0 aliphatic carbocycles. The van der Waals surface area contributed by atoms with E-state index in [-0.39, 0.29) is 0 Å². The highest BCUT2D eigenvalue weighted by Crippen LogP contribution is 2.34. The minimum atomic E-state index is 0.476. The van der Waals surface area contributed by atoms with Gasteiger partial charge in [0.25, 0.3) is 0 Å². The van der Waals surface area contributed by atoms with Gasteiger partial charge in [-0.25, -0.2) is 0 Å². The fourth-order valence-corrected chi connectivity index (χ4v) is 2.98. The van der Waals surface area contributed by atoms with E-state index in [9.17, 15) is 0 Å². The third kappa shape index (κ3) is 5.49. The van der Waals surface area contributed by atoms with Gasteiger partial charge in [0.2, 0.25) is 0 Å². The van der Waals surface area contributed by atoms with E-state index in [0.29, 0.717) is 22.4 Å². The Bertz CT molecular complexity index is 886. The molecular formula is C22H19Cl2NO2. The van der Waals surface area contributed by atoms with Crippen molar-refractivity contribution in [2.75, 3.05) is 6.61 Å². The van der Waals surface area contributed by atoms with Crippen molar-refractivity contribution in [2.45, 2.75) is 13.3 Å². The third-order valence-corrected chi connectivity index (χ3v) is 4.21. The highest BCUT2D eigenvalue weighted by molar-refractivity contribution is 6.37. The molecule has 3 aromatic carbocycles. The van der Waals surface area contributed by atoms with Crippen LogP contribution in [0.5, 0.6) is 17.2 Å². The van der Waals surface area contributed by atoms with Crippen molar-refractivity contribution in [3.8, 4) is 17.2 Å². The molecule has 3 nitrogen and oxygen atoms in total. The van der Waals surface area contributed by atoms with Crippen molar-refractivity contribution < 1.29 is 9.47 Å². The zero-order chi connectivity index (χ0) is 19.1. The summed E-state index contributed by atoms with van der Waals surface area (Å²) in [5, 5.41) is 0.952. The molecular weight excluding hydrogens is 381 g/mol. The van der Waals surface area contributed by atoms with Crippen LogP contribution in [0.15, 0.2) is 71.7 Å². The molecule has 0 amide bonds. The maximum atomic E-state index is 6.26. The first-order valence-electron chi connectivity index (χ1n) is 8.64. The second kappa shape index (κ2) is 9.45. The van der Waals surface area contributed by atoms with Gasteiger partial charge in [-0.1, -0.05) is 48.3 Å². The fraction of sp³-hybridized carbons (Fsp3) is 0.136. The van der Waals surface area contributed by atoms with E-state index >= 15 is 0 Å². The van der Waals surface area contributed by atoms with Crippen LogP contribution in [0, 0.1) is 0 Å². The largest absolute Gasteiger partial charge is 0.490 e. The number of benzene rings is 3. The predicted molar refractivity (Wildman–Crippen MR) is 112 cm³/mol. The van der Waals surface area contributed by atoms with Gasteiger partial charge in [-0.2, -0.15) is 0 Å². The lowest BCUT2D eigenvalue weighted by molar-refractivity contribution is 0.318. The maximum absolute atomic E-state index is 6.26. The topological polar surface area (TPSA) is 30.8 Å². The summed E-state index contributed by atoms with van der Waals surface area (Å²) >= 11 is 12.5. The Morgan fingerprint density at radius 1 is 0.889 bits per heavy atom. The smallest absolute Gasteiger partial charge is 0.156 e. The molecule has 0 bridgehead atoms.